The van der Waals surface area contributed by atoms with Crippen molar-refractivity contribution in [1.82, 2.24) is 9.55 Å². The van der Waals surface area contributed by atoms with Crippen LogP contribution in [0.15, 0.2) is 36.7 Å². The fraction of sp³-hybridized carbons (Fsp3) is 0.438. The van der Waals surface area contributed by atoms with Gasteiger partial charge in [-0.1, -0.05) is 24.3 Å². The predicted octanol–water partition coefficient (Wildman–Crippen LogP) is 2.09. The van der Waals surface area contributed by atoms with Crippen LogP contribution in [0.25, 0.3) is 0 Å². The summed E-state index contributed by atoms with van der Waals surface area (Å²) in [4.78, 5) is 4.38. The second kappa shape index (κ2) is 5.17. The van der Waals surface area contributed by atoms with Crippen LogP contribution in [0.1, 0.15) is 23.4 Å². The summed E-state index contributed by atoms with van der Waals surface area (Å²) in [5, 5.41) is 0. The molecule has 0 saturated heterocycles. The normalized spacial score (nSPS) is 20.0. The molecule has 100 valence electrons. The van der Waals surface area contributed by atoms with E-state index in [0.717, 1.165) is 25.1 Å². The zero-order chi connectivity index (χ0) is 13.2. The minimum Gasteiger partial charge on any atom is -0.338 e. The minimum absolute atomic E-state index is 0.203. The number of nitrogens with two attached hydrogens (primary N) is 1. The summed E-state index contributed by atoms with van der Waals surface area (Å²) < 4.78 is 2.07. The summed E-state index contributed by atoms with van der Waals surface area (Å²) in [7, 11) is 2.03. The van der Waals surface area contributed by atoms with Crippen molar-refractivity contribution in [3.05, 3.63) is 53.6 Å². The lowest BCUT2D eigenvalue weighted by Gasteiger charge is -2.29. The third-order valence-electron chi connectivity index (χ3n) is 4.33. The van der Waals surface area contributed by atoms with E-state index in [1.807, 2.05) is 19.4 Å². The Balaban J connectivity index is 1.69. The second-order valence-electron chi connectivity index (χ2n) is 5.59. The summed E-state index contributed by atoms with van der Waals surface area (Å²) in [6.07, 6.45) is 8.17. The van der Waals surface area contributed by atoms with Gasteiger partial charge in [0.25, 0.3) is 0 Å². The standard InChI is InChI=1S/C16H21N3/c1-19-9-8-18-16(19)11-15(17)14-7-6-12-4-2-3-5-13(12)10-14/h2-5,8-9,14-15H,6-7,10-11,17H2,1H3. The Bertz CT molecular complexity index is 559. The number of rotatable bonds is 3. The number of aryl methyl sites for hydroxylation is 2. The van der Waals surface area contributed by atoms with E-state index in [9.17, 15) is 0 Å². The number of hydrogen-bond donors (Lipinski definition) is 1. The summed E-state index contributed by atoms with van der Waals surface area (Å²) >= 11 is 0. The van der Waals surface area contributed by atoms with Gasteiger partial charge in [0.2, 0.25) is 0 Å². The number of imidazole rings is 1. The van der Waals surface area contributed by atoms with E-state index in [0.29, 0.717) is 5.92 Å². The summed E-state index contributed by atoms with van der Waals surface area (Å²) in [5.74, 6) is 1.66. The molecule has 1 heterocycles. The molecule has 1 aliphatic carbocycles. The molecule has 3 nitrogen and oxygen atoms in total. The molecule has 2 aromatic rings. The number of benzene rings is 1. The van der Waals surface area contributed by atoms with Crippen molar-refractivity contribution in [3.8, 4) is 0 Å². The van der Waals surface area contributed by atoms with Crippen molar-refractivity contribution in [2.75, 3.05) is 0 Å². The van der Waals surface area contributed by atoms with Gasteiger partial charge in [-0.2, -0.15) is 0 Å². The van der Waals surface area contributed by atoms with Gasteiger partial charge in [-0.3, -0.25) is 0 Å². The van der Waals surface area contributed by atoms with Gasteiger partial charge in [0.05, 0.1) is 0 Å². The number of aromatic nitrogens is 2. The van der Waals surface area contributed by atoms with Crippen molar-refractivity contribution in [2.24, 2.45) is 18.7 Å². The molecule has 0 saturated carbocycles. The lowest BCUT2D eigenvalue weighted by molar-refractivity contribution is 0.366. The Hall–Kier alpha value is -1.61. The first-order valence-electron chi connectivity index (χ1n) is 7.02. The molecule has 19 heavy (non-hydrogen) atoms. The summed E-state index contributed by atoms with van der Waals surface area (Å²) in [6.45, 7) is 0. The average Bonchev–Trinajstić information content (AvgIpc) is 2.84. The Morgan fingerprint density at radius 1 is 1.37 bits per heavy atom. The maximum absolute atomic E-state index is 6.41. The van der Waals surface area contributed by atoms with Crippen LogP contribution in [0, 0.1) is 5.92 Å². The molecule has 0 bridgehead atoms. The molecule has 0 fully saturated rings. The Morgan fingerprint density at radius 3 is 2.89 bits per heavy atom. The van der Waals surface area contributed by atoms with Gasteiger partial charge < -0.3 is 10.3 Å². The van der Waals surface area contributed by atoms with E-state index >= 15 is 0 Å². The van der Waals surface area contributed by atoms with Crippen LogP contribution in [-0.2, 0) is 26.3 Å². The maximum Gasteiger partial charge on any atom is 0.109 e. The highest BCUT2D eigenvalue weighted by molar-refractivity contribution is 5.30. The lowest BCUT2D eigenvalue weighted by Crippen LogP contribution is -2.36. The van der Waals surface area contributed by atoms with Crippen molar-refractivity contribution < 1.29 is 0 Å². The molecule has 0 spiro atoms. The monoisotopic (exact) mass is 255 g/mol. The van der Waals surface area contributed by atoms with Gasteiger partial charge in [-0.05, 0) is 36.3 Å². The number of fused-ring (bicyclic) bond motifs is 1. The van der Waals surface area contributed by atoms with Crippen molar-refractivity contribution in [1.29, 1.82) is 0 Å². The molecule has 1 aromatic heterocycles. The molecule has 2 unspecified atom stereocenters. The SMILES string of the molecule is Cn1ccnc1CC(N)C1CCc2ccccc2C1. The largest absolute Gasteiger partial charge is 0.338 e. The predicted molar refractivity (Wildman–Crippen MR) is 76.8 cm³/mol. The molecule has 0 aliphatic heterocycles. The van der Waals surface area contributed by atoms with Gasteiger partial charge in [-0.15, -0.1) is 0 Å². The van der Waals surface area contributed by atoms with Crippen molar-refractivity contribution in [3.63, 3.8) is 0 Å². The fourth-order valence-corrected chi connectivity index (χ4v) is 3.06. The van der Waals surface area contributed by atoms with E-state index in [1.165, 1.54) is 17.5 Å². The summed E-state index contributed by atoms with van der Waals surface area (Å²) in [5.41, 5.74) is 9.40. The van der Waals surface area contributed by atoms with E-state index in [-0.39, 0.29) is 6.04 Å². The quantitative estimate of drug-likeness (QED) is 0.912. The molecule has 1 aliphatic rings. The van der Waals surface area contributed by atoms with Gasteiger partial charge in [-0.25, -0.2) is 4.98 Å². The van der Waals surface area contributed by atoms with Crippen LogP contribution in [0.2, 0.25) is 0 Å². The third-order valence-corrected chi connectivity index (χ3v) is 4.33. The Morgan fingerprint density at radius 2 is 2.16 bits per heavy atom. The first kappa shape index (κ1) is 12.4. The zero-order valence-corrected chi connectivity index (χ0v) is 11.4. The molecule has 0 amide bonds. The van der Waals surface area contributed by atoms with Crippen molar-refractivity contribution >= 4 is 0 Å². The Labute approximate surface area is 114 Å². The molecule has 3 rings (SSSR count). The molecule has 3 heteroatoms. The number of nitrogens with zero attached hydrogens (tertiary/aromatic N) is 2. The van der Waals surface area contributed by atoms with E-state index < -0.39 is 0 Å². The smallest absolute Gasteiger partial charge is 0.109 e. The highest BCUT2D eigenvalue weighted by Crippen LogP contribution is 2.27. The van der Waals surface area contributed by atoms with Crippen LogP contribution in [-0.4, -0.2) is 15.6 Å². The van der Waals surface area contributed by atoms with Crippen molar-refractivity contribution in [2.45, 2.75) is 31.7 Å². The zero-order valence-electron chi connectivity index (χ0n) is 11.4. The maximum atomic E-state index is 6.41. The van der Waals surface area contributed by atoms with Gasteiger partial charge in [0.1, 0.15) is 5.82 Å². The third kappa shape index (κ3) is 2.56. The topological polar surface area (TPSA) is 43.8 Å². The van der Waals surface area contributed by atoms with E-state index in [2.05, 4.69) is 33.8 Å². The van der Waals surface area contributed by atoms with Gasteiger partial charge in [0, 0.05) is 31.9 Å². The van der Waals surface area contributed by atoms with Crippen LogP contribution >= 0.6 is 0 Å². The number of hydrogen-bond acceptors (Lipinski definition) is 2. The van der Waals surface area contributed by atoms with Gasteiger partial charge in [0.15, 0.2) is 0 Å². The van der Waals surface area contributed by atoms with Crippen LogP contribution in [0.5, 0.6) is 0 Å². The second-order valence-corrected chi connectivity index (χ2v) is 5.59. The fourth-order valence-electron chi connectivity index (χ4n) is 3.06. The molecular weight excluding hydrogens is 234 g/mol. The first-order chi connectivity index (χ1) is 9.24. The first-order valence-corrected chi connectivity index (χ1v) is 7.02. The Kier molecular flexibility index (Phi) is 3.38. The molecule has 2 atom stereocenters. The molecular formula is C16H21N3. The summed E-state index contributed by atoms with van der Waals surface area (Å²) in [6, 6.07) is 8.96. The minimum atomic E-state index is 0.203. The molecule has 2 N–H and O–H groups in total. The average molecular weight is 255 g/mol. The van der Waals surface area contributed by atoms with Gasteiger partial charge >= 0.3 is 0 Å². The highest BCUT2D eigenvalue weighted by atomic mass is 15.0. The molecule has 1 aromatic carbocycles. The lowest BCUT2D eigenvalue weighted by atomic mass is 9.79. The van der Waals surface area contributed by atoms with Crippen LogP contribution < -0.4 is 5.73 Å². The van der Waals surface area contributed by atoms with Crippen LogP contribution in [0.3, 0.4) is 0 Å². The van der Waals surface area contributed by atoms with E-state index in [4.69, 9.17) is 5.73 Å². The van der Waals surface area contributed by atoms with Crippen LogP contribution in [0.4, 0.5) is 0 Å². The van der Waals surface area contributed by atoms with E-state index in [1.54, 1.807) is 0 Å². The highest BCUT2D eigenvalue weighted by Gasteiger charge is 2.24. The molecule has 0 radical (unpaired) electrons.